The van der Waals surface area contributed by atoms with Crippen molar-refractivity contribution in [2.75, 3.05) is 0 Å². The molecule has 0 aliphatic carbocycles. The first kappa shape index (κ1) is 12.9. The van der Waals surface area contributed by atoms with Crippen LogP contribution in [-0.4, -0.2) is 17.1 Å². The summed E-state index contributed by atoms with van der Waals surface area (Å²) >= 11 is 0. The number of benzene rings is 1. The van der Waals surface area contributed by atoms with Gasteiger partial charge in [0.05, 0.1) is 0 Å². The molecule has 0 fully saturated rings. The first-order valence-electron chi connectivity index (χ1n) is 4.13. The summed E-state index contributed by atoms with van der Waals surface area (Å²) < 4.78 is 0. The lowest BCUT2D eigenvalue weighted by Gasteiger charge is -2.05. The summed E-state index contributed by atoms with van der Waals surface area (Å²) in [5.41, 5.74) is 7.51. The average Bonchev–Trinajstić information content (AvgIpc) is 2.08. The molecule has 0 saturated heterocycles. The molecule has 0 unspecified atom stereocenters. The molecule has 3 nitrogen and oxygen atoms in total. The minimum Gasteiger partial charge on any atom is -0.480 e. The molecule has 0 radical (unpaired) electrons. The number of aliphatic carboxylic acids is 1. The first-order valence-corrected chi connectivity index (χ1v) is 4.13. The van der Waals surface area contributed by atoms with Crippen LogP contribution in [0, 0.1) is 6.92 Å². The number of carboxylic acids is 1. The average molecular weight is 216 g/mol. The Morgan fingerprint density at radius 3 is 2.36 bits per heavy atom. The summed E-state index contributed by atoms with van der Waals surface area (Å²) in [6, 6.07) is 6.90. The third kappa shape index (κ3) is 3.77. The van der Waals surface area contributed by atoms with Crippen LogP contribution in [0.1, 0.15) is 11.1 Å². The Morgan fingerprint density at radius 1 is 1.43 bits per heavy atom. The smallest absolute Gasteiger partial charge is 0.320 e. The highest BCUT2D eigenvalue weighted by molar-refractivity contribution is 5.85. The van der Waals surface area contributed by atoms with Crippen molar-refractivity contribution in [2.45, 2.75) is 19.4 Å². The predicted molar refractivity (Wildman–Crippen MR) is 57.7 cm³/mol. The summed E-state index contributed by atoms with van der Waals surface area (Å²) in [6.07, 6.45) is 0.385. The number of rotatable bonds is 3. The van der Waals surface area contributed by atoms with Gasteiger partial charge in [-0.05, 0) is 18.9 Å². The molecule has 78 valence electrons. The van der Waals surface area contributed by atoms with E-state index in [0.29, 0.717) is 6.42 Å². The van der Waals surface area contributed by atoms with Gasteiger partial charge in [0.25, 0.3) is 0 Å². The second-order valence-electron chi connectivity index (χ2n) is 3.13. The lowest BCUT2D eigenvalue weighted by molar-refractivity contribution is -0.138. The molecular weight excluding hydrogens is 202 g/mol. The molecule has 14 heavy (non-hydrogen) atoms. The molecule has 1 aromatic rings. The van der Waals surface area contributed by atoms with E-state index in [0.717, 1.165) is 11.1 Å². The number of carboxylic acid groups (broad SMARTS) is 1. The Labute approximate surface area is 89.3 Å². The summed E-state index contributed by atoms with van der Waals surface area (Å²) in [4.78, 5) is 10.4. The van der Waals surface area contributed by atoms with Gasteiger partial charge in [-0.15, -0.1) is 12.4 Å². The molecule has 0 aliphatic rings. The van der Waals surface area contributed by atoms with Crippen LogP contribution in [-0.2, 0) is 11.2 Å². The topological polar surface area (TPSA) is 63.3 Å². The van der Waals surface area contributed by atoms with Crippen LogP contribution in [0.3, 0.4) is 0 Å². The number of halogens is 1. The van der Waals surface area contributed by atoms with Crippen molar-refractivity contribution in [3.05, 3.63) is 35.4 Å². The van der Waals surface area contributed by atoms with Gasteiger partial charge in [-0.25, -0.2) is 0 Å². The molecule has 1 aromatic carbocycles. The number of carbonyl (C=O) groups is 1. The van der Waals surface area contributed by atoms with Crippen LogP contribution in [0.5, 0.6) is 0 Å². The van der Waals surface area contributed by atoms with E-state index < -0.39 is 12.0 Å². The van der Waals surface area contributed by atoms with Gasteiger partial charge in [-0.2, -0.15) is 0 Å². The maximum Gasteiger partial charge on any atom is 0.320 e. The van der Waals surface area contributed by atoms with Gasteiger partial charge in [-0.1, -0.05) is 29.8 Å². The second-order valence-corrected chi connectivity index (χ2v) is 3.13. The molecular formula is C10H14ClNO2. The van der Waals surface area contributed by atoms with Gasteiger partial charge in [0.1, 0.15) is 6.04 Å². The van der Waals surface area contributed by atoms with Crippen LogP contribution < -0.4 is 5.73 Å². The van der Waals surface area contributed by atoms with Crippen LogP contribution in [0.15, 0.2) is 24.3 Å². The van der Waals surface area contributed by atoms with Crippen molar-refractivity contribution in [2.24, 2.45) is 5.73 Å². The lowest BCUT2D eigenvalue weighted by atomic mass is 10.1. The predicted octanol–water partition coefficient (Wildman–Crippen LogP) is 1.37. The number of hydrogen-bond donors (Lipinski definition) is 2. The van der Waals surface area contributed by atoms with E-state index in [1.54, 1.807) is 0 Å². The number of nitrogens with two attached hydrogens (primary N) is 1. The molecule has 0 amide bonds. The Hall–Kier alpha value is -1.06. The molecule has 4 heteroatoms. The van der Waals surface area contributed by atoms with Crippen LogP contribution >= 0.6 is 12.4 Å². The second kappa shape index (κ2) is 5.62. The largest absolute Gasteiger partial charge is 0.480 e. The monoisotopic (exact) mass is 215 g/mol. The van der Waals surface area contributed by atoms with Gasteiger partial charge in [-0.3, -0.25) is 4.79 Å². The standard InChI is InChI=1S/C10H13NO2.ClH/c1-7-2-4-8(5-3-7)6-9(11)10(12)13;/h2-5,9H,6,11H2,1H3,(H,12,13);1H/t9-;/m0./s1. The van der Waals surface area contributed by atoms with Crippen molar-refractivity contribution in [1.29, 1.82) is 0 Å². The fraction of sp³-hybridized carbons (Fsp3) is 0.300. The van der Waals surface area contributed by atoms with Crippen molar-refractivity contribution < 1.29 is 9.90 Å². The number of aryl methyl sites for hydroxylation is 1. The quantitative estimate of drug-likeness (QED) is 0.801. The van der Waals surface area contributed by atoms with Gasteiger partial charge in [0.2, 0.25) is 0 Å². The van der Waals surface area contributed by atoms with Crippen LogP contribution in [0.25, 0.3) is 0 Å². The lowest BCUT2D eigenvalue weighted by Crippen LogP contribution is -2.32. The van der Waals surface area contributed by atoms with E-state index in [9.17, 15) is 4.79 Å². The van der Waals surface area contributed by atoms with Crippen molar-refractivity contribution in [1.82, 2.24) is 0 Å². The maximum atomic E-state index is 10.4. The Morgan fingerprint density at radius 2 is 1.93 bits per heavy atom. The van der Waals surface area contributed by atoms with E-state index in [1.807, 2.05) is 31.2 Å². The van der Waals surface area contributed by atoms with Gasteiger partial charge in [0.15, 0.2) is 0 Å². The maximum absolute atomic E-state index is 10.4. The van der Waals surface area contributed by atoms with E-state index in [2.05, 4.69) is 0 Å². The normalized spacial score (nSPS) is 11.6. The molecule has 0 heterocycles. The summed E-state index contributed by atoms with van der Waals surface area (Å²) in [5.74, 6) is -0.958. The van der Waals surface area contributed by atoms with Crippen LogP contribution in [0.2, 0.25) is 0 Å². The molecule has 1 rings (SSSR count). The zero-order valence-electron chi connectivity index (χ0n) is 7.93. The van der Waals surface area contributed by atoms with Crippen molar-refractivity contribution in [3.63, 3.8) is 0 Å². The molecule has 0 spiro atoms. The molecule has 1 atom stereocenters. The summed E-state index contributed by atoms with van der Waals surface area (Å²) in [5, 5.41) is 8.57. The van der Waals surface area contributed by atoms with Crippen LogP contribution in [0.4, 0.5) is 0 Å². The van der Waals surface area contributed by atoms with Crippen molar-refractivity contribution >= 4 is 18.4 Å². The molecule has 0 aromatic heterocycles. The highest BCUT2D eigenvalue weighted by Gasteiger charge is 2.11. The summed E-state index contributed by atoms with van der Waals surface area (Å²) in [7, 11) is 0. The molecule has 0 saturated carbocycles. The molecule has 0 bridgehead atoms. The molecule has 0 aliphatic heterocycles. The highest BCUT2D eigenvalue weighted by Crippen LogP contribution is 2.05. The minimum atomic E-state index is -0.958. The van der Waals surface area contributed by atoms with E-state index in [4.69, 9.17) is 10.8 Å². The Bertz CT molecular complexity index is 297. The minimum absolute atomic E-state index is 0. The third-order valence-corrected chi connectivity index (χ3v) is 1.89. The fourth-order valence-corrected chi connectivity index (χ4v) is 1.07. The number of hydrogen-bond acceptors (Lipinski definition) is 2. The zero-order chi connectivity index (χ0) is 9.84. The first-order chi connectivity index (χ1) is 6.09. The van der Waals surface area contributed by atoms with Gasteiger partial charge >= 0.3 is 5.97 Å². The van der Waals surface area contributed by atoms with E-state index in [-0.39, 0.29) is 12.4 Å². The Kier molecular flexibility index (Phi) is 5.20. The fourth-order valence-electron chi connectivity index (χ4n) is 1.07. The third-order valence-electron chi connectivity index (χ3n) is 1.89. The highest BCUT2D eigenvalue weighted by atomic mass is 35.5. The SMILES string of the molecule is Cc1ccc(C[C@H](N)C(=O)O)cc1.Cl. The van der Waals surface area contributed by atoms with Gasteiger partial charge in [0, 0.05) is 0 Å². The Balaban J connectivity index is 0.00000169. The zero-order valence-corrected chi connectivity index (χ0v) is 8.75. The van der Waals surface area contributed by atoms with Gasteiger partial charge < -0.3 is 10.8 Å². The van der Waals surface area contributed by atoms with Crippen molar-refractivity contribution in [3.8, 4) is 0 Å². The van der Waals surface area contributed by atoms with E-state index in [1.165, 1.54) is 0 Å². The molecule has 3 N–H and O–H groups in total. The van der Waals surface area contributed by atoms with E-state index >= 15 is 0 Å². The summed E-state index contributed by atoms with van der Waals surface area (Å²) in [6.45, 7) is 1.99.